The van der Waals surface area contributed by atoms with E-state index in [0.29, 0.717) is 18.4 Å². The molecule has 0 amide bonds. The summed E-state index contributed by atoms with van der Waals surface area (Å²) in [5, 5.41) is 0. The molecule has 0 saturated heterocycles. The van der Waals surface area contributed by atoms with Gasteiger partial charge in [0.05, 0.1) is 0 Å². The van der Waals surface area contributed by atoms with Crippen molar-refractivity contribution in [2.75, 3.05) is 13.6 Å². The second-order valence-corrected chi connectivity index (χ2v) is 9.95. The van der Waals surface area contributed by atoms with Crippen LogP contribution in [0.1, 0.15) is 81.0 Å². The highest BCUT2D eigenvalue weighted by atomic mass is 15.2. The zero-order valence-electron chi connectivity index (χ0n) is 18.6. The van der Waals surface area contributed by atoms with Gasteiger partial charge in [0.1, 0.15) is 0 Å². The molecule has 2 aromatic rings. The zero-order chi connectivity index (χ0) is 20.5. The van der Waals surface area contributed by atoms with Gasteiger partial charge >= 0.3 is 0 Å². The van der Waals surface area contributed by atoms with Crippen molar-refractivity contribution in [2.45, 2.75) is 76.8 Å². The Kier molecular flexibility index (Phi) is 6.03. The largest absolute Gasteiger partial charge is 0.329 e. The van der Waals surface area contributed by atoms with Crippen molar-refractivity contribution in [1.29, 1.82) is 0 Å². The summed E-state index contributed by atoms with van der Waals surface area (Å²) in [6, 6.07) is 18.1. The topological polar surface area (TPSA) is 29.3 Å². The maximum absolute atomic E-state index is 6.04. The molecule has 3 rings (SSSR count). The SMILES string of the molecule is Cc1ccc2c(c1)[C@H](CCC(C)(C)N(C)C(C)(C)CN)CC2c1ccccc1. The number of hydrogen-bond acceptors (Lipinski definition) is 2. The Hall–Kier alpha value is -1.64. The lowest BCUT2D eigenvalue weighted by atomic mass is 9.85. The Balaban J connectivity index is 1.81. The summed E-state index contributed by atoms with van der Waals surface area (Å²) in [6.45, 7) is 12.1. The molecule has 2 aromatic carbocycles. The molecule has 2 N–H and O–H groups in total. The first-order chi connectivity index (χ1) is 13.2. The highest BCUT2D eigenvalue weighted by Gasteiger charge is 2.37. The average Bonchev–Trinajstić information content (AvgIpc) is 3.04. The number of hydrogen-bond donors (Lipinski definition) is 1. The maximum atomic E-state index is 6.04. The highest BCUT2D eigenvalue weighted by Crippen LogP contribution is 2.48. The zero-order valence-corrected chi connectivity index (χ0v) is 18.6. The number of nitrogens with two attached hydrogens (primary N) is 1. The minimum atomic E-state index is 0.0141. The van der Waals surface area contributed by atoms with E-state index in [9.17, 15) is 0 Å². The summed E-state index contributed by atoms with van der Waals surface area (Å²) in [7, 11) is 2.23. The second-order valence-electron chi connectivity index (χ2n) is 9.95. The molecule has 0 radical (unpaired) electrons. The van der Waals surface area contributed by atoms with Crippen LogP contribution >= 0.6 is 0 Å². The van der Waals surface area contributed by atoms with Crippen molar-refractivity contribution in [3.63, 3.8) is 0 Å². The van der Waals surface area contributed by atoms with E-state index in [1.165, 1.54) is 36.0 Å². The van der Waals surface area contributed by atoms with Gasteiger partial charge in [-0.25, -0.2) is 0 Å². The van der Waals surface area contributed by atoms with Crippen LogP contribution in [-0.2, 0) is 0 Å². The normalized spacial score (nSPS) is 19.9. The average molecular weight is 379 g/mol. The monoisotopic (exact) mass is 378 g/mol. The molecule has 1 aliphatic carbocycles. The van der Waals surface area contributed by atoms with Crippen LogP contribution in [0.4, 0.5) is 0 Å². The third-order valence-electron chi connectivity index (χ3n) is 7.20. The van der Waals surface area contributed by atoms with E-state index in [1.54, 1.807) is 5.56 Å². The van der Waals surface area contributed by atoms with Gasteiger partial charge in [0.15, 0.2) is 0 Å². The van der Waals surface area contributed by atoms with Crippen molar-refractivity contribution in [2.24, 2.45) is 5.73 Å². The third kappa shape index (κ3) is 4.18. The molecule has 0 bridgehead atoms. The number of benzene rings is 2. The van der Waals surface area contributed by atoms with Crippen molar-refractivity contribution < 1.29 is 0 Å². The van der Waals surface area contributed by atoms with Gasteiger partial charge in [-0.15, -0.1) is 0 Å². The number of nitrogens with zero attached hydrogens (tertiary/aromatic N) is 1. The van der Waals surface area contributed by atoms with Crippen molar-refractivity contribution in [1.82, 2.24) is 4.90 Å². The Morgan fingerprint density at radius 3 is 2.29 bits per heavy atom. The van der Waals surface area contributed by atoms with Gasteiger partial charge in [0.25, 0.3) is 0 Å². The van der Waals surface area contributed by atoms with Crippen molar-refractivity contribution in [3.8, 4) is 0 Å². The first kappa shape index (κ1) is 21.1. The quantitative estimate of drug-likeness (QED) is 0.655. The molecule has 2 atom stereocenters. The molecule has 2 heteroatoms. The molecule has 1 unspecified atom stereocenters. The van der Waals surface area contributed by atoms with E-state index >= 15 is 0 Å². The van der Waals surface area contributed by atoms with Gasteiger partial charge in [-0.1, -0.05) is 54.1 Å². The van der Waals surface area contributed by atoms with Gasteiger partial charge in [-0.2, -0.15) is 0 Å². The van der Waals surface area contributed by atoms with Crippen LogP contribution in [0.15, 0.2) is 48.5 Å². The number of likely N-dealkylation sites (N-methyl/N-ethyl adjacent to an activating group) is 1. The van der Waals surface area contributed by atoms with Crippen LogP contribution in [0.3, 0.4) is 0 Å². The molecule has 0 aliphatic heterocycles. The van der Waals surface area contributed by atoms with E-state index < -0.39 is 0 Å². The highest BCUT2D eigenvalue weighted by molar-refractivity contribution is 5.46. The minimum absolute atomic E-state index is 0.0141. The molecular formula is C26H38N2. The fourth-order valence-electron chi connectivity index (χ4n) is 4.83. The third-order valence-corrected chi connectivity index (χ3v) is 7.20. The lowest BCUT2D eigenvalue weighted by Crippen LogP contribution is -2.56. The summed E-state index contributed by atoms with van der Waals surface area (Å²) < 4.78 is 0. The van der Waals surface area contributed by atoms with Crippen LogP contribution in [0.2, 0.25) is 0 Å². The van der Waals surface area contributed by atoms with Gasteiger partial charge < -0.3 is 5.73 Å². The van der Waals surface area contributed by atoms with Gasteiger partial charge in [0, 0.05) is 23.5 Å². The molecule has 152 valence electrons. The van der Waals surface area contributed by atoms with Gasteiger partial charge in [-0.05, 0) is 83.5 Å². The molecule has 28 heavy (non-hydrogen) atoms. The molecule has 0 spiro atoms. The molecule has 0 saturated carbocycles. The van der Waals surface area contributed by atoms with Gasteiger partial charge in [-0.3, -0.25) is 4.90 Å². The van der Waals surface area contributed by atoms with E-state index in [-0.39, 0.29) is 11.1 Å². The summed E-state index contributed by atoms with van der Waals surface area (Å²) in [4.78, 5) is 2.47. The molecule has 0 fully saturated rings. The first-order valence-electron chi connectivity index (χ1n) is 10.7. The second kappa shape index (κ2) is 8.00. The van der Waals surface area contributed by atoms with Crippen LogP contribution in [0.25, 0.3) is 0 Å². The number of fused-ring (bicyclic) bond motifs is 1. The van der Waals surface area contributed by atoms with Crippen LogP contribution in [0, 0.1) is 6.92 Å². The summed E-state index contributed by atoms with van der Waals surface area (Å²) >= 11 is 0. The number of aryl methyl sites for hydroxylation is 1. The lowest BCUT2D eigenvalue weighted by Gasteiger charge is -2.46. The van der Waals surface area contributed by atoms with Crippen molar-refractivity contribution in [3.05, 3.63) is 70.8 Å². The predicted octanol–water partition coefficient (Wildman–Crippen LogP) is 5.84. The Bertz CT molecular complexity index is 791. The summed E-state index contributed by atoms with van der Waals surface area (Å²) in [5.74, 6) is 1.16. The van der Waals surface area contributed by atoms with Gasteiger partial charge in [0.2, 0.25) is 0 Å². The molecule has 0 aromatic heterocycles. The van der Waals surface area contributed by atoms with E-state index in [4.69, 9.17) is 5.73 Å². The van der Waals surface area contributed by atoms with E-state index in [1.807, 2.05) is 0 Å². The smallest absolute Gasteiger partial charge is 0.0277 e. The Morgan fingerprint density at radius 1 is 0.964 bits per heavy atom. The Labute approximate surface area is 172 Å². The first-order valence-corrected chi connectivity index (χ1v) is 10.7. The summed E-state index contributed by atoms with van der Waals surface area (Å²) in [6.07, 6.45) is 3.62. The van der Waals surface area contributed by atoms with E-state index in [0.717, 1.165) is 0 Å². The fourth-order valence-corrected chi connectivity index (χ4v) is 4.83. The predicted molar refractivity (Wildman–Crippen MR) is 121 cm³/mol. The lowest BCUT2D eigenvalue weighted by molar-refractivity contribution is 0.0416. The van der Waals surface area contributed by atoms with E-state index in [2.05, 4.69) is 95.1 Å². The molecule has 1 aliphatic rings. The maximum Gasteiger partial charge on any atom is 0.0277 e. The standard InChI is InChI=1S/C26H38N2/c1-19-12-13-22-23(16-19)21(17-24(22)20-10-8-7-9-11-20)14-15-25(2,3)28(6)26(4,5)18-27/h7-13,16,21,24H,14-15,17-18,27H2,1-6H3/t21-,24?/m1/s1. The number of rotatable bonds is 7. The molecule has 0 heterocycles. The van der Waals surface area contributed by atoms with Crippen LogP contribution < -0.4 is 5.73 Å². The Morgan fingerprint density at radius 2 is 1.64 bits per heavy atom. The van der Waals surface area contributed by atoms with Crippen molar-refractivity contribution >= 4 is 0 Å². The fraction of sp³-hybridized carbons (Fsp3) is 0.538. The van der Waals surface area contributed by atoms with Crippen LogP contribution in [0.5, 0.6) is 0 Å². The minimum Gasteiger partial charge on any atom is -0.329 e. The summed E-state index contributed by atoms with van der Waals surface area (Å²) in [5.41, 5.74) is 12.1. The molecular weight excluding hydrogens is 340 g/mol. The molecule has 2 nitrogen and oxygen atoms in total. The van der Waals surface area contributed by atoms with Crippen LogP contribution in [-0.4, -0.2) is 29.6 Å².